The summed E-state index contributed by atoms with van der Waals surface area (Å²) in [5.41, 5.74) is 0.690. The normalized spacial score (nSPS) is 13.8. The van der Waals surface area contributed by atoms with E-state index in [0.29, 0.717) is 16.9 Å². The number of aliphatic hydroxyl groups is 2. The number of thioether (sulfide) groups is 1. The molecule has 20 heavy (non-hydrogen) atoms. The summed E-state index contributed by atoms with van der Waals surface area (Å²) in [6.07, 6.45) is -0.691. The Morgan fingerprint density at radius 3 is 2.55 bits per heavy atom. The summed E-state index contributed by atoms with van der Waals surface area (Å²) in [5.74, 6) is -0.727. The maximum atomic E-state index is 10.8. The number of hydrogen-bond donors (Lipinski definition) is 3. The number of aliphatic hydroxyl groups excluding tert-OH is 2. The molecule has 0 saturated carbocycles. The molecule has 0 fully saturated rings. The maximum Gasteiger partial charge on any atom is 0.354 e. The molecule has 0 bridgehead atoms. The molecule has 0 spiro atoms. The molecule has 0 amide bonds. The first-order chi connectivity index (χ1) is 9.32. The van der Waals surface area contributed by atoms with Crippen molar-refractivity contribution >= 4 is 22.8 Å². The number of nitrogens with zero attached hydrogens (tertiary/aromatic N) is 1. The molecule has 1 aromatic rings. The van der Waals surface area contributed by atoms with Crippen LogP contribution in [0.4, 0.5) is 0 Å². The highest BCUT2D eigenvalue weighted by Gasteiger charge is 2.20. The Hall–Kier alpha value is -1.44. The van der Waals surface area contributed by atoms with Crippen LogP contribution in [-0.4, -0.2) is 43.2 Å². The topological polar surface area (TPSA) is 108 Å². The molecule has 7 heteroatoms. The van der Waals surface area contributed by atoms with E-state index in [1.807, 2.05) is 0 Å². The molecule has 0 aliphatic heterocycles. The Morgan fingerprint density at radius 2 is 2.05 bits per heavy atom. The summed E-state index contributed by atoms with van der Waals surface area (Å²) >= 11 is 1.08. The Bertz CT molecular complexity index is 506. The largest absolute Gasteiger partial charge is 0.477 e. The first-order valence-electron chi connectivity index (χ1n) is 6.02. The van der Waals surface area contributed by atoms with Crippen molar-refractivity contribution in [3.05, 3.63) is 29.1 Å². The molecule has 2 unspecified atom stereocenters. The van der Waals surface area contributed by atoms with Gasteiger partial charge in [-0.15, -0.1) is 0 Å². The molecule has 2 atom stereocenters. The van der Waals surface area contributed by atoms with Crippen LogP contribution in [-0.2, 0) is 4.79 Å². The maximum absolute atomic E-state index is 10.8. The van der Waals surface area contributed by atoms with Crippen LogP contribution in [0.2, 0.25) is 0 Å². The molecule has 110 valence electrons. The Balaban J connectivity index is 2.71. The molecule has 3 N–H and O–H groups in total. The minimum atomic E-state index is -1.16. The van der Waals surface area contributed by atoms with E-state index < -0.39 is 18.2 Å². The molecule has 0 aromatic carbocycles. The number of carboxylic acid groups (broad SMARTS) is 1. The lowest BCUT2D eigenvalue weighted by molar-refractivity contribution is -0.109. The van der Waals surface area contributed by atoms with E-state index in [2.05, 4.69) is 4.98 Å². The summed E-state index contributed by atoms with van der Waals surface area (Å²) in [7, 11) is 0. The van der Waals surface area contributed by atoms with Gasteiger partial charge in [-0.05, 0) is 25.0 Å². The predicted octanol–water partition coefficient (Wildman–Crippen LogP) is 1.15. The number of hydrogen-bond acceptors (Lipinski definition) is 6. The van der Waals surface area contributed by atoms with E-state index in [0.717, 1.165) is 11.8 Å². The van der Waals surface area contributed by atoms with Crippen LogP contribution >= 0.6 is 11.8 Å². The first kappa shape index (κ1) is 16.6. The van der Waals surface area contributed by atoms with Crippen LogP contribution in [0.3, 0.4) is 0 Å². The van der Waals surface area contributed by atoms with Crippen molar-refractivity contribution < 1.29 is 24.9 Å². The molecule has 0 aliphatic rings. The summed E-state index contributed by atoms with van der Waals surface area (Å²) in [6.45, 7) is 3.01. The van der Waals surface area contributed by atoms with Crippen LogP contribution in [0.5, 0.6) is 0 Å². The van der Waals surface area contributed by atoms with Crippen LogP contribution in [0.15, 0.2) is 12.3 Å². The van der Waals surface area contributed by atoms with Gasteiger partial charge in [0.1, 0.15) is 6.10 Å². The zero-order valence-corrected chi connectivity index (χ0v) is 12.1. The van der Waals surface area contributed by atoms with Crippen molar-refractivity contribution in [1.82, 2.24) is 4.98 Å². The molecule has 1 heterocycles. The van der Waals surface area contributed by atoms with Gasteiger partial charge < -0.3 is 15.3 Å². The number of rotatable bonds is 6. The Morgan fingerprint density at radius 1 is 1.40 bits per heavy atom. The van der Waals surface area contributed by atoms with Crippen molar-refractivity contribution in [2.75, 3.05) is 5.75 Å². The van der Waals surface area contributed by atoms with Crippen LogP contribution < -0.4 is 0 Å². The Labute approximate surface area is 120 Å². The minimum Gasteiger partial charge on any atom is -0.477 e. The smallest absolute Gasteiger partial charge is 0.354 e. The molecular formula is C13H17NO5S. The number of aryl methyl sites for hydroxylation is 1. The predicted molar refractivity (Wildman–Crippen MR) is 74.7 cm³/mol. The quantitative estimate of drug-likeness (QED) is 0.723. The fraction of sp³-hybridized carbons (Fsp3) is 0.462. The van der Waals surface area contributed by atoms with Gasteiger partial charge in [0.15, 0.2) is 10.8 Å². The van der Waals surface area contributed by atoms with E-state index in [4.69, 9.17) is 5.11 Å². The third-order valence-corrected chi connectivity index (χ3v) is 3.57. The van der Waals surface area contributed by atoms with Crippen molar-refractivity contribution in [2.45, 2.75) is 32.5 Å². The molecule has 1 rings (SSSR count). The van der Waals surface area contributed by atoms with Crippen molar-refractivity contribution in [1.29, 1.82) is 0 Å². The van der Waals surface area contributed by atoms with E-state index in [1.165, 1.54) is 19.2 Å². The zero-order chi connectivity index (χ0) is 15.3. The lowest BCUT2D eigenvalue weighted by atomic mass is 10.0. The molecule has 6 nitrogen and oxygen atoms in total. The summed E-state index contributed by atoms with van der Waals surface area (Å²) < 4.78 is 0. The summed E-state index contributed by atoms with van der Waals surface area (Å²) in [6, 6.07) is 1.49. The van der Waals surface area contributed by atoms with Gasteiger partial charge in [-0.2, -0.15) is 0 Å². The lowest BCUT2D eigenvalue weighted by Gasteiger charge is -2.18. The highest BCUT2D eigenvalue weighted by atomic mass is 32.2. The van der Waals surface area contributed by atoms with Gasteiger partial charge in [-0.25, -0.2) is 9.78 Å². The second-order valence-corrected chi connectivity index (χ2v) is 5.65. The summed E-state index contributed by atoms with van der Waals surface area (Å²) in [4.78, 5) is 25.4. The van der Waals surface area contributed by atoms with E-state index in [1.54, 1.807) is 6.92 Å². The average molecular weight is 299 g/mol. The minimum absolute atomic E-state index is 0.0463. The second-order valence-electron chi connectivity index (χ2n) is 4.38. The van der Waals surface area contributed by atoms with Gasteiger partial charge in [-0.1, -0.05) is 11.8 Å². The zero-order valence-electron chi connectivity index (χ0n) is 11.2. The van der Waals surface area contributed by atoms with Crippen LogP contribution in [0.25, 0.3) is 0 Å². The van der Waals surface area contributed by atoms with E-state index >= 15 is 0 Å². The molecule has 0 radical (unpaired) electrons. The number of aromatic carboxylic acids is 1. The molecular weight excluding hydrogens is 282 g/mol. The van der Waals surface area contributed by atoms with Gasteiger partial charge in [0.25, 0.3) is 0 Å². The number of aromatic nitrogens is 1. The third-order valence-electron chi connectivity index (χ3n) is 2.73. The number of carbonyl (C=O) groups is 2. The van der Waals surface area contributed by atoms with Crippen molar-refractivity contribution in [3.63, 3.8) is 0 Å². The van der Waals surface area contributed by atoms with Crippen molar-refractivity contribution in [3.8, 4) is 0 Å². The molecule has 0 saturated heterocycles. The van der Waals surface area contributed by atoms with Gasteiger partial charge in [0, 0.05) is 24.4 Å². The second kappa shape index (κ2) is 7.37. The van der Waals surface area contributed by atoms with Crippen LogP contribution in [0.1, 0.15) is 41.1 Å². The number of carbonyl (C=O) groups excluding carboxylic acids is 1. The van der Waals surface area contributed by atoms with Crippen molar-refractivity contribution in [2.24, 2.45) is 0 Å². The fourth-order valence-corrected chi connectivity index (χ4v) is 2.33. The average Bonchev–Trinajstić information content (AvgIpc) is 2.36. The monoisotopic (exact) mass is 299 g/mol. The standard InChI is InChI=1S/C13H17NO5S/c1-7-5-9(6-14-11(7)13(18)19)12(17)10(16)3-4-20-8(2)15/h5-6,10,12,16-17H,3-4H2,1-2H3,(H,18,19). The fourth-order valence-electron chi connectivity index (χ4n) is 1.69. The third kappa shape index (κ3) is 4.59. The van der Waals surface area contributed by atoms with Gasteiger partial charge >= 0.3 is 5.97 Å². The first-order valence-corrected chi connectivity index (χ1v) is 7.00. The summed E-state index contributed by atoms with van der Waals surface area (Å²) in [5, 5.41) is 28.6. The molecule has 0 aliphatic carbocycles. The van der Waals surface area contributed by atoms with Gasteiger partial charge in [0.05, 0.1) is 6.10 Å². The number of pyridine rings is 1. The van der Waals surface area contributed by atoms with Gasteiger partial charge in [0.2, 0.25) is 0 Å². The highest BCUT2D eigenvalue weighted by molar-refractivity contribution is 8.13. The van der Waals surface area contributed by atoms with E-state index in [9.17, 15) is 19.8 Å². The SMILES string of the molecule is CC(=O)SCCC(O)C(O)c1cnc(C(=O)O)c(C)c1. The van der Waals surface area contributed by atoms with Gasteiger partial charge in [-0.3, -0.25) is 4.79 Å². The molecule has 1 aromatic heterocycles. The number of carboxylic acids is 1. The van der Waals surface area contributed by atoms with Crippen LogP contribution in [0, 0.1) is 6.92 Å². The Kier molecular flexibility index (Phi) is 6.12. The lowest BCUT2D eigenvalue weighted by Crippen LogP contribution is -2.20. The van der Waals surface area contributed by atoms with E-state index in [-0.39, 0.29) is 17.2 Å². The highest BCUT2D eigenvalue weighted by Crippen LogP contribution is 2.21.